The van der Waals surface area contributed by atoms with E-state index in [-0.39, 0.29) is 5.82 Å². The minimum absolute atomic E-state index is 0.293. The number of rotatable bonds is 3. The summed E-state index contributed by atoms with van der Waals surface area (Å²) in [5.74, 6) is -0.293. The van der Waals surface area contributed by atoms with Gasteiger partial charge in [0.25, 0.3) is 0 Å². The largest absolute Gasteiger partial charge is 0.388 e. The Morgan fingerprint density at radius 3 is 2.81 bits per heavy atom. The van der Waals surface area contributed by atoms with E-state index in [0.29, 0.717) is 6.42 Å². The van der Waals surface area contributed by atoms with E-state index in [9.17, 15) is 9.50 Å². The van der Waals surface area contributed by atoms with Crippen molar-refractivity contribution in [1.82, 2.24) is 4.98 Å². The molecule has 0 amide bonds. The molecule has 21 heavy (non-hydrogen) atoms. The third-order valence-electron chi connectivity index (χ3n) is 3.42. The summed E-state index contributed by atoms with van der Waals surface area (Å²) in [5, 5.41) is 11.4. The molecule has 1 aromatic heterocycles. The Balaban J connectivity index is 1.98. The van der Waals surface area contributed by atoms with Crippen molar-refractivity contribution in [3.05, 3.63) is 76.1 Å². The van der Waals surface area contributed by atoms with E-state index in [2.05, 4.69) is 20.9 Å². The van der Waals surface area contributed by atoms with Crippen molar-refractivity contribution < 1.29 is 9.50 Å². The van der Waals surface area contributed by atoms with Crippen molar-refractivity contribution in [1.29, 1.82) is 0 Å². The van der Waals surface area contributed by atoms with Crippen LogP contribution < -0.4 is 0 Å². The molecule has 0 bridgehead atoms. The monoisotopic (exact) mass is 345 g/mol. The van der Waals surface area contributed by atoms with Gasteiger partial charge in [-0.15, -0.1) is 0 Å². The summed E-state index contributed by atoms with van der Waals surface area (Å²) in [4.78, 5) is 4.36. The molecular formula is C17H13BrFNO. The zero-order chi connectivity index (χ0) is 14.8. The summed E-state index contributed by atoms with van der Waals surface area (Å²) >= 11 is 3.49. The van der Waals surface area contributed by atoms with Crippen LogP contribution in [-0.4, -0.2) is 10.1 Å². The first kappa shape index (κ1) is 14.2. The van der Waals surface area contributed by atoms with E-state index in [1.165, 1.54) is 12.1 Å². The first-order chi connectivity index (χ1) is 10.1. The standard InChI is InChI=1S/C17H13BrFNO/c18-15-7-6-14(17-13(15)5-2-8-20-17)16(21)10-11-3-1-4-12(19)9-11/h1-9,16,21H,10H2. The number of hydrogen-bond acceptors (Lipinski definition) is 2. The molecule has 0 aliphatic carbocycles. The maximum absolute atomic E-state index is 13.2. The van der Waals surface area contributed by atoms with E-state index in [1.807, 2.05) is 24.3 Å². The lowest BCUT2D eigenvalue weighted by atomic mass is 9.99. The summed E-state index contributed by atoms with van der Waals surface area (Å²) in [6, 6.07) is 13.8. The number of benzene rings is 2. The van der Waals surface area contributed by atoms with Gasteiger partial charge in [0.2, 0.25) is 0 Å². The van der Waals surface area contributed by atoms with Gasteiger partial charge < -0.3 is 5.11 Å². The molecule has 0 radical (unpaired) electrons. The molecule has 1 N–H and O–H groups in total. The van der Waals surface area contributed by atoms with Crippen molar-refractivity contribution in [2.45, 2.75) is 12.5 Å². The zero-order valence-corrected chi connectivity index (χ0v) is 12.7. The van der Waals surface area contributed by atoms with Gasteiger partial charge in [0.05, 0.1) is 11.6 Å². The zero-order valence-electron chi connectivity index (χ0n) is 11.1. The number of aliphatic hydroxyl groups is 1. The molecule has 0 aliphatic heterocycles. The highest BCUT2D eigenvalue weighted by molar-refractivity contribution is 9.10. The highest BCUT2D eigenvalue weighted by Gasteiger charge is 2.14. The molecule has 2 aromatic carbocycles. The maximum atomic E-state index is 13.2. The quantitative estimate of drug-likeness (QED) is 0.762. The van der Waals surface area contributed by atoms with Crippen LogP contribution in [0.5, 0.6) is 0 Å². The molecule has 1 unspecified atom stereocenters. The van der Waals surface area contributed by atoms with E-state index in [4.69, 9.17) is 0 Å². The number of aliphatic hydroxyl groups excluding tert-OH is 1. The molecular weight excluding hydrogens is 333 g/mol. The van der Waals surface area contributed by atoms with Gasteiger partial charge in [-0.2, -0.15) is 0 Å². The topological polar surface area (TPSA) is 33.1 Å². The second-order valence-electron chi connectivity index (χ2n) is 4.89. The molecule has 0 fully saturated rings. The molecule has 3 aromatic rings. The number of pyridine rings is 1. The fourth-order valence-corrected chi connectivity index (χ4v) is 2.88. The Hall–Kier alpha value is -1.78. The molecule has 0 spiro atoms. The number of aromatic nitrogens is 1. The lowest BCUT2D eigenvalue weighted by Gasteiger charge is -2.14. The molecule has 0 aliphatic rings. The fourth-order valence-electron chi connectivity index (χ4n) is 2.43. The molecule has 1 atom stereocenters. The van der Waals surface area contributed by atoms with Crippen LogP contribution in [0.4, 0.5) is 4.39 Å². The lowest BCUT2D eigenvalue weighted by molar-refractivity contribution is 0.179. The molecule has 4 heteroatoms. The summed E-state index contributed by atoms with van der Waals surface area (Å²) in [5.41, 5.74) is 2.27. The first-order valence-corrected chi connectivity index (χ1v) is 7.40. The van der Waals surface area contributed by atoms with Crippen LogP contribution in [0, 0.1) is 5.82 Å². The Morgan fingerprint density at radius 1 is 1.14 bits per heavy atom. The van der Waals surface area contributed by atoms with Gasteiger partial charge in [0.15, 0.2) is 0 Å². The summed E-state index contributed by atoms with van der Waals surface area (Å²) in [7, 11) is 0. The van der Waals surface area contributed by atoms with Crippen molar-refractivity contribution >= 4 is 26.8 Å². The minimum atomic E-state index is -0.725. The maximum Gasteiger partial charge on any atom is 0.123 e. The molecule has 1 heterocycles. The Morgan fingerprint density at radius 2 is 2.00 bits per heavy atom. The predicted molar refractivity (Wildman–Crippen MR) is 84.5 cm³/mol. The van der Waals surface area contributed by atoms with Crippen LogP contribution in [0.2, 0.25) is 0 Å². The van der Waals surface area contributed by atoms with E-state index in [0.717, 1.165) is 26.5 Å². The van der Waals surface area contributed by atoms with Gasteiger partial charge in [0, 0.05) is 28.0 Å². The van der Waals surface area contributed by atoms with E-state index >= 15 is 0 Å². The molecule has 106 valence electrons. The Labute approximate surface area is 130 Å². The van der Waals surface area contributed by atoms with Gasteiger partial charge >= 0.3 is 0 Å². The third-order valence-corrected chi connectivity index (χ3v) is 4.12. The predicted octanol–water partition coefficient (Wildman–Crippen LogP) is 4.41. The van der Waals surface area contributed by atoms with Crippen LogP contribution in [-0.2, 0) is 6.42 Å². The first-order valence-electron chi connectivity index (χ1n) is 6.61. The smallest absolute Gasteiger partial charge is 0.123 e. The fraction of sp³-hybridized carbons (Fsp3) is 0.118. The average Bonchev–Trinajstić information content (AvgIpc) is 2.48. The van der Waals surface area contributed by atoms with E-state index < -0.39 is 6.10 Å². The molecule has 3 rings (SSSR count). The van der Waals surface area contributed by atoms with Gasteiger partial charge in [-0.3, -0.25) is 4.98 Å². The second-order valence-corrected chi connectivity index (χ2v) is 5.74. The van der Waals surface area contributed by atoms with Crippen LogP contribution in [0.3, 0.4) is 0 Å². The van der Waals surface area contributed by atoms with Crippen molar-refractivity contribution in [3.63, 3.8) is 0 Å². The van der Waals surface area contributed by atoms with Crippen LogP contribution >= 0.6 is 15.9 Å². The molecule has 2 nitrogen and oxygen atoms in total. The third kappa shape index (κ3) is 2.96. The highest BCUT2D eigenvalue weighted by atomic mass is 79.9. The van der Waals surface area contributed by atoms with E-state index in [1.54, 1.807) is 18.3 Å². The summed E-state index contributed by atoms with van der Waals surface area (Å²) in [6.07, 6.45) is 1.33. The second kappa shape index (κ2) is 5.92. The van der Waals surface area contributed by atoms with Crippen molar-refractivity contribution in [2.75, 3.05) is 0 Å². The number of fused-ring (bicyclic) bond motifs is 1. The number of halogens is 2. The van der Waals surface area contributed by atoms with Gasteiger partial charge in [-0.05, 0) is 29.8 Å². The number of hydrogen-bond donors (Lipinski definition) is 1. The van der Waals surface area contributed by atoms with Crippen molar-refractivity contribution in [3.8, 4) is 0 Å². The Bertz CT molecular complexity index is 791. The number of nitrogens with zero attached hydrogens (tertiary/aromatic N) is 1. The minimum Gasteiger partial charge on any atom is -0.388 e. The lowest BCUT2D eigenvalue weighted by Crippen LogP contribution is -2.04. The van der Waals surface area contributed by atoms with Crippen LogP contribution in [0.1, 0.15) is 17.2 Å². The normalized spacial score (nSPS) is 12.5. The summed E-state index contributed by atoms with van der Waals surface area (Å²) in [6.45, 7) is 0. The molecule has 0 saturated carbocycles. The summed E-state index contributed by atoms with van der Waals surface area (Å²) < 4.78 is 14.2. The van der Waals surface area contributed by atoms with Crippen LogP contribution in [0.15, 0.2) is 59.2 Å². The van der Waals surface area contributed by atoms with Gasteiger partial charge in [0.1, 0.15) is 5.82 Å². The SMILES string of the molecule is OC(Cc1cccc(F)c1)c1ccc(Br)c2cccnc12. The van der Waals surface area contributed by atoms with Gasteiger partial charge in [-0.1, -0.05) is 40.2 Å². The van der Waals surface area contributed by atoms with Crippen molar-refractivity contribution in [2.24, 2.45) is 0 Å². The Kier molecular flexibility index (Phi) is 3.99. The van der Waals surface area contributed by atoms with Crippen LogP contribution in [0.25, 0.3) is 10.9 Å². The average molecular weight is 346 g/mol. The highest BCUT2D eigenvalue weighted by Crippen LogP contribution is 2.30. The van der Waals surface area contributed by atoms with Gasteiger partial charge in [-0.25, -0.2) is 4.39 Å². The molecule has 0 saturated heterocycles.